The summed E-state index contributed by atoms with van der Waals surface area (Å²) in [7, 11) is 0. The zero-order chi connectivity index (χ0) is 15.0. The van der Waals surface area contributed by atoms with E-state index in [4.69, 9.17) is 0 Å². The summed E-state index contributed by atoms with van der Waals surface area (Å²) in [4.78, 5) is 29.0. The largest absolute Gasteiger partial charge is 0.335 e. The van der Waals surface area contributed by atoms with Gasteiger partial charge in [0.2, 0.25) is 0 Å². The number of carbonyl (C=O) groups excluding carboxylic acids is 1. The molecular weight excluding hydrogens is 271 g/mol. The van der Waals surface area contributed by atoms with Crippen molar-refractivity contribution in [3.05, 3.63) is 46.1 Å². The van der Waals surface area contributed by atoms with E-state index >= 15 is 0 Å². The average molecular weight is 288 g/mol. The zero-order valence-corrected chi connectivity index (χ0v) is 11.9. The van der Waals surface area contributed by atoms with E-state index in [0.29, 0.717) is 11.9 Å². The molecule has 1 N–H and O–H groups in total. The minimum Gasteiger partial charge on any atom is -0.335 e. The van der Waals surface area contributed by atoms with Gasteiger partial charge in [0.05, 0.1) is 0 Å². The van der Waals surface area contributed by atoms with Crippen molar-refractivity contribution in [2.45, 2.75) is 32.2 Å². The number of likely N-dealkylation sites (tertiary alicyclic amines) is 1. The van der Waals surface area contributed by atoms with Gasteiger partial charge in [0.25, 0.3) is 11.5 Å². The minimum atomic E-state index is -0.461. The zero-order valence-electron chi connectivity index (χ0n) is 11.9. The molecule has 110 valence electrons. The number of nitrogens with zero attached hydrogens (tertiary/aromatic N) is 1. The number of hydrogen-bond donors (Lipinski definition) is 1. The molecule has 0 spiro atoms. The fourth-order valence-corrected chi connectivity index (χ4v) is 2.90. The van der Waals surface area contributed by atoms with Crippen molar-refractivity contribution in [1.29, 1.82) is 0 Å². The topological polar surface area (TPSA) is 53.2 Å². The number of carbonyl (C=O) groups is 1. The monoisotopic (exact) mass is 288 g/mol. The molecule has 1 unspecified atom stereocenters. The van der Waals surface area contributed by atoms with Gasteiger partial charge in [-0.2, -0.15) is 0 Å². The number of fused-ring (bicyclic) bond motifs is 1. The van der Waals surface area contributed by atoms with Crippen LogP contribution in [0.5, 0.6) is 0 Å². The molecule has 1 fully saturated rings. The minimum absolute atomic E-state index is 0.162. The van der Waals surface area contributed by atoms with Gasteiger partial charge >= 0.3 is 0 Å². The maximum atomic E-state index is 13.2. The summed E-state index contributed by atoms with van der Waals surface area (Å²) in [5, 5.41) is 0.839. The molecule has 0 aliphatic carbocycles. The summed E-state index contributed by atoms with van der Waals surface area (Å²) in [6.07, 6.45) is 3.09. The molecule has 1 aromatic carbocycles. The second-order valence-electron chi connectivity index (χ2n) is 5.59. The first-order chi connectivity index (χ1) is 10.1. The molecule has 4 nitrogen and oxygen atoms in total. The number of aromatic nitrogens is 1. The molecule has 21 heavy (non-hydrogen) atoms. The van der Waals surface area contributed by atoms with E-state index in [2.05, 4.69) is 4.98 Å². The fourth-order valence-electron chi connectivity index (χ4n) is 2.90. The maximum absolute atomic E-state index is 13.2. The van der Waals surface area contributed by atoms with Gasteiger partial charge in [-0.3, -0.25) is 9.59 Å². The van der Waals surface area contributed by atoms with Crippen molar-refractivity contribution in [3.63, 3.8) is 0 Å². The quantitative estimate of drug-likeness (QED) is 0.877. The van der Waals surface area contributed by atoms with Gasteiger partial charge < -0.3 is 9.88 Å². The van der Waals surface area contributed by atoms with Crippen LogP contribution in [0.4, 0.5) is 4.39 Å². The molecule has 5 heteroatoms. The number of benzene rings is 1. The van der Waals surface area contributed by atoms with Crippen LogP contribution in [0.15, 0.2) is 29.1 Å². The van der Waals surface area contributed by atoms with Crippen LogP contribution >= 0.6 is 0 Å². The highest BCUT2D eigenvalue weighted by molar-refractivity contribution is 5.96. The number of hydrogen-bond acceptors (Lipinski definition) is 2. The number of aromatic amines is 1. The molecule has 2 aromatic rings. The number of amides is 1. The fraction of sp³-hybridized carbons (Fsp3) is 0.375. The third-order valence-electron chi connectivity index (χ3n) is 4.10. The number of rotatable bonds is 1. The molecule has 0 radical (unpaired) electrons. The lowest BCUT2D eigenvalue weighted by Crippen LogP contribution is -2.42. The number of pyridine rings is 1. The summed E-state index contributed by atoms with van der Waals surface area (Å²) in [5.74, 6) is -0.623. The van der Waals surface area contributed by atoms with Gasteiger partial charge in [-0.1, -0.05) is 6.07 Å². The molecule has 1 aliphatic rings. The Morgan fingerprint density at radius 3 is 2.90 bits per heavy atom. The maximum Gasteiger partial charge on any atom is 0.270 e. The van der Waals surface area contributed by atoms with Crippen LogP contribution in [0.2, 0.25) is 0 Å². The van der Waals surface area contributed by atoms with E-state index in [1.54, 1.807) is 11.0 Å². The van der Waals surface area contributed by atoms with Crippen molar-refractivity contribution in [3.8, 4) is 0 Å². The van der Waals surface area contributed by atoms with Crippen LogP contribution in [0, 0.1) is 5.82 Å². The van der Waals surface area contributed by atoms with Crippen molar-refractivity contribution in [2.24, 2.45) is 0 Å². The second-order valence-corrected chi connectivity index (χ2v) is 5.59. The summed E-state index contributed by atoms with van der Waals surface area (Å²) in [5.41, 5.74) is -0.159. The van der Waals surface area contributed by atoms with E-state index in [9.17, 15) is 14.0 Å². The lowest BCUT2D eigenvalue weighted by atomic mass is 10.0. The van der Waals surface area contributed by atoms with E-state index < -0.39 is 11.4 Å². The molecule has 2 heterocycles. The molecule has 1 aliphatic heterocycles. The van der Waals surface area contributed by atoms with Gasteiger partial charge in [-0.05, 0) is 49.8 Å². The molecule has 1 saturated heterocycles. The first-order valence-electron chi connectivity index (χ1n) is 7.20. The SMILES string of the molecule is CC1CCCCN1C(=O)c1cc2ccc(F)cc2c(=O)[nH]1. The number of nitrogens with one attached hydrogen (secondary N) is 1. The van der Waals surface area contributed by atoms with Crippen LogP contribution in [0.1, 0.15) is 36.7 Å². The highest BCUT2D eigenvalue weighted by Crippen LogP contribution is 2.19. The lowest BCUT2D eigenvalue weighted by molar-refractivity contribution is 0.0629. The Labute approximate surface area is 121 Å². The van der Waals surface area contributed by atoms with E-state index in [1.165, 1.54) is 18.2 Å². The van der Waals surface area contributed by atoms with E-state index in [1.807, 2.05) is 6.92 Å². The summed E-state index contributed by atoms with van der Waals surface area (Å²) < 4.78 is 13.2. The first-order valence-corrected chi connectivity index (χ1v) is 7.20. The Hall–Kier alpha value is -2.17. The Morgan fingerprint density at radius 1 is 1.33 bits per heavy atom. The van der Waals surface area contributed by atoms with Crippen molar-refractivity contribution >= 4 is 16.7 Å². The van der Waals surface area contributed by atoms with Crippen LogP contribution in [0.25, 0.3) is 10.8 Å². The number of halogens is 1. The Balaban J connectivity index is 2.02. The summed E-state index contributed by atoms with van der Waals surface area (Å²) in [6, 6.07) is 5.81. The van der Waals surface area contributed by atoms with Crippen molar-refractivity contribution in [2.75, 3.05) is 6.54 Å². The predicted octanol–water partition coefficient (Wildman–Crippen LogP) is 2.68. The summed E-state index contributed by atoms with van der Waals surface area (Å²) >= 11 is 0. The van der Waals surface area contributed by atoms with Gasteiger partial charge in [0.1, 0.15) is 11.5 Å². The Kier molecular flexibility index (Phi) is 3.49. The van der Waals surface area contributed by atoms with Gasteiger partial charge in [0.15, 0.2) is 0 Å². The van der Waals surface area contributed by atoms with Crippen LogP contribution < -0.4 is 5.56 Å². The van der Waals surface area contributed by atoms with Crippen LogP contribution in [-0.2, 0) is 0 Å². The third kappa shape index (κ3) is 2.55. The molecule has 1 atom stereocenters. The van der Waals surface area contributed by atoms with Gasteiger partial charge in [-0.25, -0.2) is 4.39 Å². The number of H-pyrrole nitrogens is 1. The van der Waals surface area contributed by atoms with Crippen LogP contribution in [-0.4, -0.2) is 28.4 Å². The summed E-state index contributed by atoms with van der Waals surface area (Å²) in [6.45, 7) is 2.73. The second kappa shape index (κ2) is 5.31. The predicted molar refractivity (Wildman–Crippen MR) is 78.9 cm³/mol. The van der Waals surface area contributed by atoms with Crippen molar-refractivity contribution in [1.82, 2.24) is 9.88 Å². The van der Waals surface area contributed by atoms with E-state index in [0.717, 1.165) is 19.3 Å². The Morgan fingerprint density at radius 2 is 2.14 bits per heavy atom. The smallest absolute Gasteiger partial charge is 0.270 e. The highest BCUT2D eigenvalue weighted by atomic mass is 19.1. The molecule has 0 bridgehead atoms. The molecule has 0 saturated carbocycles. The molecule has 1 amide bonds. The first kappa shape index (κ1) is 13.8. The normalized spacial score (nSPS) is 19.0. The molecular formula is C16H17FN2O2. The highest BCUT2D eigenvalue weighted by Gasteiger charge is 2.25. The van der Waals surface area contributed by atoms with Crippen molar-refractivity contribution < 1.29 is 9.18 Å². The molecule has 3 rings (SSSR count). The standard InChI is InChI=1S/C16H17FN2O2/c1-10-4-2-3-7-19(10)16(21)14-8-11-5-6-12(17)9-13(11)15(20)18-14/h5-6,8-10H,2-4,7H2,1H3,(H,18,20). The van der Waals surface area contributed by atoms with Gasteiger partial charge in [-0.15, -0.1) is 0 Å². The van der Waals surface area contributed by atoms with Crippen LogP contribution in [0.3, 0.4) is 0 Å². The van der Waals surface area contributed by atoms with Gasteiger partial charge in [0, 0.05) is 18.0 Å². The molecule has 1 aromatic heterocycles. The third-order valence-corrected chi connectivity index (χ3v) is 4.10. The van der Waals surface area contributed by atoms with E-state index in [-0.39, 0.29) is 23.0 Å². The Bertz CT molecular complexity index is 754. The lowest BCUT2D eigenvalue weighted by Gasteiger charge is -2.33. The number of piperidine rings is 1. The average Bonchev–Trinajstić information content (AvgIpc) is 2.47.